The van der Waals surface area contributed by atoms with Gasteiger partial charge in [-0.15, -0.1) is 11.1 Å². The maximum absolute atomic E-state index is 6.52. The second-order valence-corrected chi connectivity index (χ2v) is 13.0. The fourth-order valence-corrected chi connectivity index (χ4v) is 9.97. The van der Waals surface area contributed by atoms with E-state index in [1.54, 1.807) is 0 Å². The predicted octanol–water partition coefficient (Wildman–Crippen LogP) is 3.06. The molecule has 0 aromatic rings. The Morgan fingerprint density at radius 3 is 1.75 bits per heavy atom. The quantitative estimate of drug-likeness (QED) is 0.539. The highest BCUT2D eigenvalue weighted by Crippen LogP contribution is 2.17. The normalized spacial score (nSPS) is 12.5. The average Bonchev–Trinajstić information content (AvgIpc) is 2.14. The molecule has 4 heteroatoms. The van der Waals surface area contributed by atoms with Gasteiger partial charge in [0.2, 0.25) is 7.55 Å². The lowest BCUT2D eigenvalue weighted by Crippen LogP contribution is -2.51. The van der Waals surface area contributed by atoms with E-state index in [9.17, 15) is 0 Å². The summed E-state index contributed by atoms with van der Waals surface area (Å²) in [6, 6.07) is 4.99. The zero-order valence-electron chi connectivity index (χ0n) is 8.78. The molecule has 74 valence electrons. The summed E-state index contributed by atoms with van der Waals surface area (Å²) in [4.78, 5) is 0. The van der Waals surface area contributed by atoms with Crippen LogP contribution in [0.1, 0.15) is 27.7 Å². The molecule has 0 aliphatic heterocycles. The van der Waals surface area contributed by atoms with Gasteiger partial charge in [-0.25, -0.2) is 0 Å². The minimum absolute atomic E-state index is 0.673. The van der Waals surface area contributed by atoms with Gasteiger partial charge in [-0.3, -0.25) is 0 Å². The fraction of sp³-hybridized carbons (Fsp3) is 1.00. The smallest absolute Gasteiger partial charge is 0.219 e. The summed E-state index contributed by atoms with van der Waals surface area (Å²) in [5.41, 5.74) is 0. The van der Waals surface area contributed by atoms with Gasteiger partial charge in [-0.1, -0.05) is 39.8 Å². The molecule has 1 N–H and O–H groups in total. The first-order valence-corrected chi connectivity index (χ1v) is 10.7. The lowest BCUT2D eigenvalue weighted by Gasteiger charge is -2.27. The SMILES string of the molecule is CC[SiH](CC)N[Si](Cl)(CC)CC. The first kappa shape index (κ1) is 12.7. The first-order chi connectivity index (χ1) is 5.61. The Balaban J connectivity index is 3.99. The highest BCUT2D eigenvalue weighted by Gasteiger charge is 2.28. The van der Waals surface area contributed by atoms with Gasteiger partial charge in [0, 0.05) is 0 Å². The summed E-state index contributed by atoms with van der Waals surface area (Å²) in [5.74, 6) is 0. The standard InChI is InChI=1S/C8H22ClNSi2/c1-5-11(6-2)10-12(9,7-3)8-4/h10-11H,5-8H2,1-4H3. The van der Waals surface area contributed by atoms with Crippen LogP contribution in [0.25, 0.3) is 0 Å². The van der Waals surface area contributed by atoms with Crippen molar-refractivity contribution in [3.05, 3.63) is 0 Å². The van der Waals surface area contributed by atoms with E-state index >= 15 is 0 Å². The molecule has 0 amide bonds. The molecule has 0 aliphatic rings. The van der Waals surface area contributed by atoms with Gasteiger partial charge in [-0.05, 0) is 12.1 Å². The first-order valence-electron chi connectivity index (χ1n) is 5.08. The molecular weight excluding hydrogens is 202 g/mol. The van der Waals surface area contributed by atoms with E-state index in [-0.39, 0.29) is 0 Å². The van der Waals surface area contributed by atoms with E-state index in [0.29, 0.717) is 0 Å². The van der Waals surface area contributed by atoms with Crippen LogP contribution in [0.2, 0.25) is 24.2 Å². The zero-order valence-corrected chi connectivity index (χ0v) is 11.7. The summed E-state index contributed by atoms with van der Waals surface area (Å²) >= 11 is 6.52. The molecule has 12 heavy (non-hydrogen) atoms. The van der Waals surface area contributed by atoms with Crippen molar-refractivity contribution >= 4 is 27.6 Å². The van der Waals surface area contributed by atoms with Crippen LogP contribution in [0.15, 0.2) is 0 Å². The lowest BCUT2D eigenvalue weighted by atomic mass is 10.9. The van der Waals surface area contributed by atoms with Gasteiger partial charge < -0.3 is 4.65 Å². The summed E-state index contributed by atoms with van der Waals surface area (Å²) in [5, 5.41) is 0. The average molecular weight is 224 g/mol. The molecule has 0 aliphatic carbocycles. The lowest BCUT2D eigenvalue weighted by molar-refractivity contribution is 1.16. The van der Waals surface area contributed by atoms with Crippen LogP contribution < -0.4 is 4.65 Å². The Labute approximate surface area is 84.4 Å². The second-order valence-electron chi connectivity index (χ2n) is 3.33. The maximum Gasteiger partial charge on any atom is 0.219 e. The Morgan fingerprint density at radius 1 is 1.08 bits per heavy atom. The van der Waals surface area contributed by atoms with Crippen LogP contribution in [0.4, 0.5) is 0 Å². The van der Waals surface area contributed by atoms with Crippen LogP contribution in [-0.4, -0.2) is 16.5 Å². The van der Waals surface area contributed by atoms with Crippen molar-refractivity contribution < 1.29 is 0 Å². The number of halogens is 1. The molecule has 0 rings (SSSR count). The summed E-state index contributed by atoms with van der Waals surface area (Å²) in [6.07, 6.45) is 0. The van der Waals surface area contributed by atoms with Crippen molar-refractivity contribution in [1.82, 2.24) is 4.65 Å². The summed E-state index contributed by atoms with van der Waals surface area (Å²) in [6.45, 7) is 8.99. The summed E-state index contributed by atoms with van der Waals surface area (Å²) < 4.78 is 3.77. The van der Waals surface area contributed by atoms with Crippen LogP contribution in [0, 0.1) is 0 Å². The van der Waals surface area contributed by atoms with E-state index in [0.717, 1.165) is 12.1 Å². The van der Waals surface area contributed by atoms with Crippen molar-refractivity contribution in [2.45, 2.75) is 51.9 Å². The molecule has 0 saturated carbocycles. The topological polar surface area (TPSA) is 12.0 Å². The molecule has 0 bridgehead atoms. The minimum atomic E-state index is -1.52. The van der Waals surface area contributed by atoms with Gasteiger partial charge in [0.1, 0.15) is 8.96 Å². The maximum atomic E-state index is 6.52. The zero-order chi connectivity index (χ0) is 9.61. The van der Waals surface area contributed by atoms with Crippen molar-refractivity contribution in [3.63, 3.8) is 0 Å². The largest absolute Gasteiger partial charge is 0.349 e. The molecule has 0 saturated heterocycles. The minimum Gasteiger partial charge on any atom is -0.349 e. The summed E-state index contributed by atoms with van der Waals surface area (Å²) in [7, 11) is -2.19. The third-order valence-electron chi connectivity index (χ3n) is 2.57. The monoisotopic (exact) mass is 223 g/mol. The van der Waals surface area contributed by atoms with E-state index < -0.39 is 16.5 Å². The van der Waals surface area contributed by atoms with Gasteiger partial charge in [0.15, 0.2) is 0 Å². The molecule has 0 aromatic heterocycles. The Kier molecular flexibility index (Phi) is 6.54. The number of hydrogen-bond donors (Lipinski definition) is 1. The van der Waals surface area contributed by atoms with Crippen molar-refractivity contribution in [2.75, 3.05) is 0 Å². The van der Waals surface area contributed by atoms with Gasteiger partial charge in [0.25, 0.3) is 0 Å². The highest BCUT2D eigenvalue weighted by atomic mass is 35.6. The van der Waals surface area contributed by atoms with Crippen molar-refractivity contribution in [3.8, 4) is 0 Å². The van der Waals surface area contributed by atoms with Crippen LogP contribution in [0.3, 0.4) is 0 Å². The number of hydrogen-bond acceptors (Lipinski definition) is 1. The van der Waals surface area contributed by atoms with E-state index in [4.69, 9.17) is 11.1 Å². The van der Waals surface area contributed by atoms with Crippen LogP contribution in [-0.2, 0) is 0 Å². The predicted molar refractivity (Wildman–Crippen MR) is 63.8 cm³/mol. The van der Waals surface area contributed by atoms with Crippen molar-refractivity contribution in [1.29, 1.82) is 0 Å². The van der Waals surface area contributed by atoms with E-state index in [1.807, 2.05) is 0 Å². The fourth-order valence-electron chi connectivity index (χ4n) is 1.31. The molecule has 0 unspecified atom stereocenters. The third kappa shape index (κ3) is 4.07. The van der Waals surface area contributed by atoms with Crippen molar-refractivity contribution in [2.24, 2.45) is 0 Å². The number of nitrogens with one attached hydrogen (secondary N) is 1. The Bertz CT molecular complexity index is 114. The molecule has 0 spiro atoms. The van der Waals surface area contributed by atoms with Crippen LogP contribution >= 0.6 is 11.1 Å². The van der Waals surface area contributed by atoms with Gasteiger partial charge in [-0.2, -0.15) is 0 Å². The van der Waals surface area contributed by atoms with E-state index in [1.165, 1.54) is 12.1 Å². The molecular formula is C8H22ClNSi2. The molecule has 0 atom stereocenters. The molecule has 0 heterocycles. The molecule has 1 nitrogen and oxygen atoms in total. The second kappa shape index (κ2) is 6.19. The highest BCUT2D eigenvalue weighted by molar-refractivity contribution is 7.21. The molecule has 0 fully saturated rings. The Hall–Kier alpha value is 0.684. The van der Waals surface area contributed by atoms with Gasteiger partial charge >= 0.3 is 0 Å². The third-order valence-corrected chi connectivity index (χ3v) is 13.1. The number of rotatable bonds is 6. The molecule has 0 aromatic carbocycles. The molecule has 0 radical (unpaired) electrons. The van der Waals surface area contributed by atoms with Gasteiger partial charge in [0.05, 0.1) is 0 Å². The van der Waals surface area contributed by atoms with Crippen LogP contribution in [0.5, 0.6) is 0 Å². The van der Waals surface area contributed by atoms with E-state index in [2.05, 4.69) is 32.3 Å². The Morgan fingerprint density at radius 2 is 1.50 bits per heavy atom.